The lowest BCUT2D eigenvalue weighted by Gasteiger charge is -2.37. The van der Waals surface area contributed by atoms with E-state index < -0.39 is 0 Å². The molecule has 0 atom stereocenters. The summed E-state index contributed by atoms with van der Waals surface area (Å²) >= 11 is 0. The molecule has 2 saturated heterocycles. The molecule has 0 unspecified atom stereocenters. The molecule has 0 bridgehead atoms. The third kappa shape index (κ3) is 37.1. The molecule has 6 aromatic rings. The van der Waals surface area contributed by atoms with E-state index >= 15 is 0 Å². The lowest BCUT2D eigenvalue weighted by molar-refractivity contribution is -0.917. The van der Waals surface area contributed by atoms with Gasteiger partial charge in [-0.15, -0.1) is 0 Å². The van der Waals surface area contributed by atoms with Crippen LogP contribution in [0, 0.1) is 0 Å². The van der Waals surface area contributed by atoms with Crippen LogP contribution in [0.2, 0.25) is 0 Å². The lowest BCUT2D eigenvalue weighted by Crippen LogP contribution is -2.52. The Kier molecular flexibility index (Phi) is 38.0. The van der Waals surface area contributed by atoms with E-state index in [9.17, 15) is 0 Å². The topological polar surface area (TPSA) is 343 Å². The third-order valence-electron chi connectivity index (χ3n) is 18.7. The first kappa shape index (κ1) is 83.2. The number of quaternary nitrogens is 4. The number of nitrogens with zero attached hydrogens (tertiary/aromatic N) is 11. The lowest BCUT2D eigenvalue weighted by atomic mass is 10.1. The van der Waals surface area contributed by atoms with E-state index in [1.54, 1.807) is 61.3 Å². The predicted molar refractivity (Wildman–Crippen MR) is 414 cm³/mol. The van der Waals surface area contributed by atoms with Crippen LogP contribution in [0.15, 0.2) is 80.0 Å². The molecule has 0 aromatic carbocycles. The summed E-state index contributed by atoms with van der Waals surface area (Å²) in [6.45, 7) is 13.1. The highest BCUT2D eigenvalue weighted by Gasteiger charge is 2.26. The van der Waals surface area contributed by atoms with Gasteiger partial charge in [0.15, 0.2) is 0 Å². The van der Waals surface area contributed by atoms with Crippen molar-refractivity contribution in [2.24, 2.45) is 7.05 Å². The predicted octanol–water partition coefficient (Wildman–Crippen LogP) is 10.6. The van der Waals surface area contributed by atoms with Crippen LogP contribution < -0.4 is 61.9 Å². The van der Waals surface area contributed by atoms with E-state index in [4.69, 9.17) is 62.1 Å². The number of pyridine rings is 5. The van der Waals surface area contributed by atoms with Crippen LogP contribution in [0.1, 0.15) is 176 Å². The van der Waals surface area contributed by atoms with Crippen LogP contribution in [0.5, 0.6) is 0 Å². The fraction of sp³-hybridized carbons (Fsp3) is 0.632. The number of ether oxygens (including phenoxy) is 1. The van der Waals surface area contributed by atoms with Crippen molar-refractivity contribution in [3.8, 4) is 0 Å². The Bertz CT molecular complexity index is 3130. The van der Waals surface area contributed by atoms with Gasteiger partial charge in [0.2, 0.25) is 6.33 Å². The molecule has 0 radical (unpaired) electrons. The number of hydrogen-bond donors (Lipinski definition) is 10. The molecule has 0 saturated carbocycles. The van der Waals surface area contributed by atoms with Gasteiger partial charge in [0.05, 0.1) is 239 Å². The minimum Gasteiger partial charge on any atom is -0.397 e. The van der Waals surface area contributed by atoms with Gasteiger partial charge in [-0.05, 0) is 159 Å². The Morgan fingerprint density at radius 2 is 0.663 bits per heavy atom. The molecular formula is C76H138N21O+5. The van der Waals surface area contributed by atoms with Crippen molar-refractivity contribution in [3.05, 3.63) is 109 Å². The summed E-state index contributed by atoms with van der Waals surface area (Å²) in [7, 11) is 20.2. The number of hydrogen-bond acceptors (Lipinski definition) is 16. The second-order valence-electron chi connectivity index (χ2n) is 30.4. The standard InChI is InChI=1S/C16H29N4O.C16H29N4.C15H24N5.C15H29N4.C14H27N4/c1-20(8-10-21-11-9-20)7-5-3-2-4-6-16-15(18)12-14(17)13-19-16;1-20(10-6-7-11-20)9-5-3-2-4-8-16-15(18)12-14(17)13-19-16;1-19-8-9-20(12-19)7-5-3-2-4-6-15-14(17)10-13(16)11-18-15;1-19(2,3)10-8-6-4-5-7-9-15-14(17)11-13(16)12-18-15;1-18(2,3)9-7-5-4-6-8-14-13(16)10-12(15)11-17-14/h12-13H,2-11,17-18H2,1H3;12-13H,2-11,17-18H2,1H3;8-12H,2-7,16-17H2,1H3;11-12H,4-10,16-17H2,1-3H3;10-11H,4-9,15-16H2,1-3H3/q5*+1. The maximum Gasteiger partial charge on any atom is 0.243 e. The summed E-state index contributed by atoms with van der Waals surface area (Å²) in [5, 5.41) is 0. The van der Waals surface area contributed by atoms with Crippen molar-refractivity contribution in [1.82, 2.24) is 29.5 Å². The zero-order valence-corrected chi connectivity index (χ0v) is 62.7. The Morgan fingerprint density at radius 3 is 0.949 bits per heavy atom. The molecule has 0 spiro atoms. The number of anilines is 10. The molecule has 0 aliphatic carbocycles. The highest BCUT2D eigenvalue weighted by Crippen LogP contribution is 2.23. The van der Waals surface area contributed by atoms with Crippen LogP contribution in [0.25, 0.3) is 0 Å². The quantitative estimate of drug-likeness (QED) is 0.00993. The molecule has 8 heterocycles. The van der Waals surface area contributed by atoms with Crippen molar-refractivity contribution >= 4 is 56.9 Å². The van der Waals surface area contributed by atoms with E-state index in [1.165, 1.54) is 170 Å². The van der Waals surface area contributed by atoms with Gasteiger partial charge in [0.25, 0.3) is 0 Å². The highest BCUT2D eigenvalue weighted by atomic mass is 16.5. The molecule has 22 heteroatoms. The molecule has 0 amide bonds. The molecule has 6 aromatic heterocycles. The van der Waals surface area contributed by atoms with Crippen LogP contribution in [0.4, 0.5) is 56.9 Å². The smallest absolute Gasteiger partial charge is 0.243 e. The highest BCUT2D eigenvalue weighted by molar-refractivity contribution is 5.55. The van der Waals surface area contributed by atoms with E-state index in [0.717, 1.165) is 151 Å². The maximum absolute atomic E-state index is 5.92. The van der Waals surface area contributed by atoms with Gasteiger partial charge >= 0.3 is 0 Å². The van der Waals surface area contributed by atoms with E-state index in [0.29, 0.717) is 34.1 Å². The van der Waals surface area contributed by atoms with Crippen molar-refractivity contribution in [2.75, 3.05) is 179 Å². The molecule has 2 fully saturated rings. The number of morpholine rings is 1. The summed E-state index contributed by atoms with van der Waals surface area (Å²) in [6, 6.07) is 8.98. The largest absolute Gasteiger partial charge is 0.397 e. The Labute approximate surface area is 592 Å². The average molecular weight is 1360 g/mol. The number of imidazole rings is 1. The number of rotatable bonds is 36. The fourth-order valence-electron chi connectivity index (χ4n) is 12.5. The molecule has 22 nitrogen and oxygen atoms in total. The Hall–Kier alpha value is -7.24. The van der Waals surface area contributed by atoms with Crippen molar-refractivity contribution in [3.63, 3.8) is 0 Å². The third-order valence-corrected chi connectivity index (χ3v) is 18.7. The summed E-state index contributed by atoms with van der Waals surface area (Å²) < 4.78 is 14.3. The van der Waals surface area contributed by atoms with Gasteiger partial charge < -0.3 is 80.0 Å². The molecule has 548 valence electrons. The molecule has 98 heavy (non-hydrogen) atoms. The summed E-state index contributed by atoms with van der Waals surface area (Å²) in [5.74, 6) is 0. The van der Waals surface area contributed by atoms with Crippen LogP contribution >= 0.6 is 0 Å². The Balaban J connectivity index is 0.000000261. The maximum atomic E-state index is 5.92. The summed E-state index contributed by atoms with van der Waals surface area (Å²) in [6.07, 6.45) is 48.5. The van der Waals surface area contributed by atoms with Gasteiger partial charge in [0, 0.05) is 12.8 Å². The van der Waals surface area contributed by atoms with Gasteiger partial charge in [-0.1, -0.05) is 38.5 Å². The second kappa shape index (κ2) is 44.7. The second-order valence-corrected chi connectivity index (χ2v) is 30.4. The number of aromatic nitrogens is 7. The van der Waals surface area contributed by atoms with Crippen LogP contribution in [-0.4, -0.2) is 169 Å². The average Bonchev–Trinajstić information content (AvgIpc) is 1.33. The fourth-order valence-corrected chi connectivity index (χ4v) is 12.5. The molecule has 2 aliphatic heterocycles. The van der Waals surface area contributed by atoms with E-state index in [-0.39, 0.29) is 0 Å². The zero-order chi connectivity index (χ0) is 71.8. The van der Waals surface area contributed by atoms with E-state index in [1.807, 2.05) is 7.05 Å². The molecule has 8 rings (SSSR count). The van der Waals surface area contributed by atoms with Crippen LogP contribution in [-0.2, 0) is 50.4 Å². The number of likely N-dealkylation sites (tertiary alicyclic amines) is 1. The zero-order valence-electron chi connectivity index (χ0n) is 62.7. The van der Waals surface area contributed by atoms with Gasteiger partial charge in [0.1, 0.15) is 25.5 Å². The number of unbranched alkanes of at least 4 members (excludes halogenated alkanes) is 16. The minimum absolute atomic E-state index is 0.631. The number of likely N-dealkylation sites (N-methyl/N-ethyl adjacent to an activating group) is 1. The van der Waals surface area contributed by atoms with E-state index in [2.05, 4.69) is 109 Å². The first-order valence-electron chi connectivity index (χ1n) is 37.0. The first-order chi connectivity index (χ1) is 46.6. The van der Waals surface area contributed by atoms with Crippen LogP contribution in [0.3, 0.4) is 0 Å². The number of nitrogen functional groups attached to an aromatic ring is 10. The number of nitrogens with two attached hydrogens (primary N) is 10. The molecular weight excluding hydrogens is 1220 g/mol. The monoisotopic (exact) mass is 1360 g/mol. The summed E-state index contributed by atoms with van der Waals surface area (Å²) in [4.78, 5) is 21.5. The molecule has 2 aliphatic rings. The van der Waals surface area contributed by atoms with Gasteiger partial charge in [-0.2, -0.15) is 0 Å². The van der Waals surface area contributed by atoms with Crippen molar-refractivity contribution in [2.45, 2.75) is 186 Å². The normalized spacial score (nSPS) is 14.0. The number of aryl methyl sites for hydroxylation is 7. The SMILES string of the molecule is C[N+](C)(C)CCCCCCCc1ncc(N)cc1N.C[N+](C)(C)CCCCCCc1ncc(N)cc1N.C[N+]1(CCCCCCc2ncc(N)cc2N)CCCC1.C[N+]1(CCCCCCc2ncc(N)cc2N)CCOCC1.C[n+]1ccn(CCCCCCc2ncc(N)cc2N)c1. The first-order valence-corrected chi connectivity index (χ1v) is 37.0. The van der Waals surface area contributed by atoms with Crippen molar-refractivity contribution < 1.29 is 27.2 Å². The Morgan fingerprint density at radius 1 is 0.388 bits per heavy atom. The van der Waals surface area contributed by atoms with Crippen molar-refractivity contribution in [1.29, 1.82) is 0 Å². The minimum atomic E-state index is 0.631. The molecule has 20 N–H and O–H groups in total. The van der Waals surface area contributed by atoms with Gasteiger partial charge in [-0.25, -0.2) is 9.13 Å². The van der Waals surface area contributed by atoms with Gasteiger partial charge in [-0.3, -0.25) is 24.9 Å². The summed E-state index contributed by atoms with van der Waals surface area (Å²) in [5.41, 5.74) is 69.4.